The quantitative estimate of drug-likeness (QED) is 0.849. The molecule has 18 heavy (non-hydrogen) atoms. The second kappa shape index (κ2) is 6.07. The fourth-order valence-corrected chi connectivity index (χ4v) is 2.76. The second-order valence-electron chi connectivity index (χ2n) is 3.70. The van der Waals surface area contributed by atoms with Crippen LogP contribution in [-0.4, -0.2) is 11.1 Å². The van der Waals surface area contributed by atoms with Crippen LogP contribution in [0.4, 0.5) is 0 Å². The molecule has 2 aromatic carbocycles. The zero-order valence-corrected chi connectivity index (χ0v) is 11.8. The summed E-state index contributed by atoms with van der Waals surface area (Å²) in [7, 11) is 0. The molecule has 2 rings (SSSR count). The summed E-state index contributed by atoms with van der Waals surface area (Å²) in [5.74, 6) is -0.825. The first-order chi connectivity index (χ1) is 8.66. The summed E-state index contributed by atoms with van der Waals surface area (Å²) in [6.45, 7) is 0. The van der Waals surface area contributed by atoms with E-state index in [1.807, 2.05) is 54.6 Å². The summed E-state index contributed by atoms with van der Waals surface area (Å²) in [4.78, 5) is 12.3. The molecule has 4 heteroatoms. The number of aliphatic carboxylic acids is 1. The number of carbonyl (C=O) groups is 1. The number of thioether (sulfide) groups is 1. The Balaban J connectivity index is 2.22. The van der Waals surface area contributed by atoms with Crippen molar-refractivity contribution in [3.63, 3.8) is 0 Å². The highest BCUT2D eigenvalue weighted by Gasteiger charge is 2.20. The van der Waals surface area contributed by atoms with Crippen LogP contribution in [0.5, 0.6) is 0 Å². The summed E-state index contributed by atoms with van der Waals surface area (Å²) < 4.78 is 0.985. The lowest BCUT2D eigenvalue weighted by molar-refractivity contribution is -0.136. The van der Waals surface area contributed by atoms with E-state index in [2.05, 4.69) is 15.9 Å². The van der Waals surface area contributed by atoms with Gasteiger partial charge in [-0.3, -0.25) is 4.79 Å². The minimum absolute atomic E-state index is 0.577. The molecule has 92 valence electrons. The van der Waals surface area contributed by atoms with Crippen LogP contribution in [0.25, 0.3) is 0 Å². The maximum atomic E-state index is 11.3. The van der Waals surface area contributed by atoms with Gasteiger partial charge in [0.25, 0.3) is 0 Å². The molecule has 0 spiro atoms. The minimum Gasteiger partial charge on any atom is -0.480 e. The first-order valence-corrected chi connectivity index (χ1v) is 7.04. The molecule has 0 aliphatic rings. The van der Waals surface area contributed by atoms with Crippen molar-refractivity contribution >= 4 is 33.7 Å². The molecular weight excluding hydrogens is 312 g/mol. The maximum absolute atomic E-state index is 11.3. The Labute approximate surface area is 118 Å². The lowest BCUT2D eigenvalue weighted by Crippen LogP contribution is -2.07. The van der Waals surface area contributed by atoms with E-state index in [0.717, 1.165) is 14.9 Å². The molecule has 0 aromatic heterocycles. The number of rotatable bonds is 4. The van der Waals surface area contributed by atoms with Crippen molar-refractivity contribution in [3.8, 4) is 0 Å². The van der Waals surface area contributed by atoms with Gasteiger partial charge < -0.3 is 5.11 Å². The van der Waals surface area contributed by atoms with Crippen LogP contribution < -0.4 is 0 Å². The van der Waals surface area contributed by atoms with E-state index in [-0.39, 0.29) is 0 Å². The second-order valence-corrected chi connectivity index (χ2v) is 5.79. The molecule has 0 saturated heterocycles. The van der Waals surface area contributed by atoms with E-state index in [9.17, 15) is 9.90 Å². The topological polar surface area (TPSA) is 37.3 Å². The van der Waals surface area contributed by atoms with Crippen molar-refractivity contribution < 1.29 is 9.90 Å². The molecule has 0 unspecified atom stereocenters. The summed E-state index contributed by atoms with van der Waals surface area (Å²) >= 11 is 4.70. The van der Waals surface area contributed by atoms with Crippen LogP contribution in [0.3, 0.4) is 0 Å². The Kier molecular flexibility index (Phi) is 4.44. The van der Waals surface area contributed by atoms with Crippen LogP contribution in [0.1, 0.15) is 10.8 Å². The van der Waals surface area contributed by atoms with Crippen molar-refractivity contribution in [1.82, 2.24) is 0 Å². The normalized spacial score (nSPS) is 12.1. The summed E-state index contributed by atoms with van der Waals surface area (Å²) in [6.07, 6.45) is 0. The lowest BCUT2D eigenvalue weighted by Gasteiger charge is -2.12. The zero-order valence-electron chi connectivity index (χ0n) is 9.42. The minimum atomic E-state index is -0.825. The summed E-state index contributed by atoms with van der Waals surface area (Å²) in [5, 5.41) is 8.74. The fourth-order valence-electron chi connectivity index (χ4n) is 1.54. The van der Waals surface area contributed by atoms with E-state index in [0.29, 0.717) is 0 Å². The monoisotopic (exact) mass is 322 g/mol. The van der Waals surface area contributed by atoms with Gasteiger partial charge in [0.15, 0.2) is 0 Å². The van der Waals surface area contributed by atoms with E-state index in [1.165, 1.54) is 11.8 Å². The summed E-state index contributed by atoms with van der Waals surface area (Å²) in [5.41, 5.74) is 0.804. The SMILES string of the molecule is O=C(O)[C@@H](Sc1ccc(Br)cc1)c1ccccc1. The molecule has 0 fully saturated rings. The number of carboxylic acids is 1. The Morgan fingerprint density at radius 2 is 1.67 bits per heavy atom. The molecule has 0 saturated carbocycles. The summed E-state index contributed by atoms with van der Waals surface area (Å²) in [6, 6.07) is 16.9. The third kappa shape index (κ3) is 3.37. The van der Waals surface area contributed by atoms with Gasteiger partial charge in [0.05, 0.1) is 0 Å². The number of halogens is 1. The number of carboxylic acid groups (broad SMARTS) is 1. The third-order valence-corrected chi connectivity index (χ3v) is 4.18. The standard InChI is InChI=1S/C14H11BrO2S/c15-11-6-8-12(9-7-11)18-13(14(16)17)10-4-2-1-3-5-10/h1-9,13H,(H,16,17)/t13-/m0/s1. The highest BCUT2D eigenvalue weighted by atomic mass is 79.9. The van der Waals surface area contributed by atoms with E-state index in [1.54, 1.807) is 0 Å². The van der Waals surface area contributed by atoms with Gasteiger partial charge >= 0.3 is 5.97 Å². The molecule has 0 heterocycles. The van der Waals surface area contributed by atoms with Crippen molar-refractivity contribution in [3.05, 3.63) is 64.6 Å². The first-order valence-electron chi connectivity index (χ1n) is 5.37. The predicted octanol–water partition coefficient (Wildman–Crippen LogP) is 4.37. The number of hydrogen-bond donors (Lipinski definition) is 1. The molecule has 2 nitrogen and oxygen atoms in total. The molecule has 0 amide bonds. The molecule has 0 bridgehead atoms. The van der Waals surface area contributed by atoms with Crippen molar-refractivity contribution in [2.75, 3.05) is 0 Å². The fraction of sp³-hybridized carbons (Fsp3) is 0.0714. The van der Waals surface area contributed by atoms with Gasteiger partial charge in [0, 0.05) is 9.37 Å². The van der Waals surface area contributed by atoms with Gasteiger partial charge in [-0.05, 0) is 29.8 Å². The highest BCUT2D eigenvalue weighted by Crippen LogP contribution is 2.35. The molecular formula is C14H11BrO2S. The van der Waals surface area contributed by atoms with E-state index < -0.39 is 11.2 Å². The molecule has 1 N–H and O–H groups in total. The van der Waals surface area contributed by atoms with E-state index >= 15 is 0 Å². The van der Waals surface area contributed by atoms with Crippen LogP contribution in [0.2, 0.25) is 0 Å². The molecule has 2 aromatic rings. The third-order valence-electron chi connectivity index (χ3n) is 2.39. The van der Waals surface area contributed by atoms with Gasteiger partial charge in [0.2, 0.25) is 0 Å². The largest absolute Gasteiger partial charge is 0.480 e. The van der Waals surface area contributed by atoms with Crippen molar-refractivity contribution in [1.29, 1.82) is 0 Å². The van der Waals surface area contributed by atoms with Gasteiger partial charge in [-0.15, -0.1) is 11.8 Å². The van der Waals surface area contributed by atoms with Gasteiger partial charge in [-0.25, -0.2) is 0 Å². The Morgan fingerprint density at radius 3 is 2.22 bits per heavy atom. The van der Waals surface area contributed by atoms with Crippen LogP contribution >= 0.6 is 27.7 Å². The van der Waals surface area contributed by atoms with Crippen molar-refractivity contribution in [2.45, 2.75) is 10.1 Å². The molecule has 0 aliphatic heterocycles. The Morgan fingerprint density at radius 1 is 1.06 bits per heavy atom. The van der Waals surface area contributed by atoms with Gasteiger partial charge in [0.1, 0.15) is 5.25 Å². The average Bonchev–Trinajstić information content (AvgIpc) is 2.38. The lowest BCUT2D eigenvalue weighted by atomic mass is 10.1. The number of benzene rings is 2. The Hall–Kier alpha value is -1.26. The van der Waals surface area contributed by atoms with E-state index in [4.69, 9.17) is 0 Å². The first kappa shape index (κ1) is 13.2. The highest BCUT2D eigenvalue weighted by molar-refractivity contribution is 9.10. The van der Waals surface area contributed by atoms with Gasteiger partial charge in [-0.1, -0.05) is 46.3 Å². The molecule has 0 aliphatic carbocycles. The predicted molar refractivity (Wildman–Crippen MR) is 76.8 cm³/mol. The van der Waals surface area contributed by atoms with Crippen molar-refractivity contribution in [2.24, 2.45) is 0 Å². The molecule has 0 radical (unpaired) electrons. The van der Waals surface area contributed by atoms with Crippen LogP contribution in [0, 0.1) is 0 Å². The molecule has 1 atom stereocenters. The smallest absolute Gasteiger partial charge is 0.321 e. The zero-order chi connectivity index (χ0) is 13.0. The maximum Gasteiger partial charge on any atom is 0.321 e. The van der Waals surface area contributed by atoms with Crippen LogP contribution in [0.15, 0.2) is 64.0 Å². The van der Waals surface area contributed by atoms with Crippen LogP contribution in [-0.2, 0) is 4.79 Å². The number of hydrogen-bond acceptors (Lipinski definition) is 2. The average molecular weight is 323 g/mol. The van der Waals surface area contributed by atoms with Gasteiger partial charge in [-0.2, -0.15) is 0 Å². The Bertz CT molecular complexity index is 525.